The molecule has 0 bridgehead atoms. The zero-order valence-electron chi connectivity index (χ0n) is 36.5. The molecule has 1 aliphatic rings. The highest BCUT2D eigenvalue weighted by Gasteiger charge is 2.30. The minimum Gasteiger partial charge on any atom is -0.355 e. The molecule has 0 spiro atoms. The molecule has 313 valence electrons. The molecule has 67 heavy (non-hydrogen) atoms. The van der Waals surface area contributed by atoms with Crippen molar-refractivity contribution < 1.29 is 0 Å². The van der Waals surface area contributed by atoms with Crippen LogP contribution in [0.5, 0.6) is 0 Å². The lowest BCUT2D eigenvalue weighted by atomic mass is 9.58. The quantitative estimate of drug-likeness (QED) is 0.161. The van der Waals surface area contributed by atoms with E-state index >= 15 is 0 Å². The Labute approximate surface area is 396 Å². The van der Waals surface area contributed by atoms with E-state index < -0.39 is 0 Å². The summed E-state index contributed by atoms with van der Waals surface area (Å²) in [6.45, 7) is 2.14. The van der Waals surface area contributed by atoms with Crippen molar-refractivity contribution >= 4 is 131 Å². The van der Waals surface area contributed by atoms with Gasteiger partial charge in [0.15, 0.2) is 7.28 Å². The van der Waals surface area contributed by atoms with Crippen molar-refractivity contribution in [1.29, 1.82) is 0 Å². The Morgan fingerprint density at radius 2 is 1.09 bits per heavy atom. The number of nitrogens with zero attached hydrogens (tertiary/aromatic N) is 2. The summed E-state index contributed by atoms with van der Waals surface area (Å²) in [5.74, 6) is 0. The van der Waals surface area contributed by atoms with Crippen LogP contribution in [0.4, 0.5) is 28.4 Å². The second-order valence-electron chi connectivity index (χ2n) is 17.6. The highest BCUT2D eigenvalue weighted by Crippen LogP contribution is 2.47. The van der Waals surface area contributed by atoms with E-state index in [4.69, 9.17) is 0 Å². The van der Waals surface area contributed by atoms with Gasteiger partial charge in [0.1, 0.15) is 0 Å². The number of hydrogen-bond donors (Lipinski definition) is 1. The molecule has 0 atom stereocenters. The lowest BCUT2D eigenvalue weighted by molar-refractivity contribution is 1.20. The molecule has 1 radical (unpaired) electrons. The first-order valence-corrected chi connectivity index (χ1v) is 24.5. The standard InChI is InChI=1S/C61H39BN3S2/c1-37-24-27-39(28-25-37)63-52-33-42(64(40-14-4-2-5-15-40)41-16-6-3-7-17-41)29-31-43(52)50-34-48(38-26-30-46-44-18-9-12-22-55(44)66-57(46)32-38)59-47-20-8-11-21-53(47)65-54-35-49-45-19-10-13-23-56(45)67-58(49)36-51(54)62-60(50)61(59)65/h2-36,63H,1H3. The summed E-state index contributed by atoms with van der Waals surface area (Å²) in [7, 11) is 2.47. The highest BCUT2D eigenvalue weighted by atomic mass is 32.1. The molecule has 4 heterocycles. The molecule has 0 fully saturated rings. The molecule has 3 aromatic heterocycles. The maximum atomic E-state index is 3.97. The molecule has 10 aromatic carbocycles. The summed E-state index contributed by atoms with van der Waals surface area (Å²) in [5, 5.41) is 11.7. The lowest BCUT2D eigenvalue weighted by Gasteiger charge is -2.28. The van der Waals surface area contributed by atoms with Gasteiger partial charge in [0.25, 0.3) is 0 Å². The third-order valence-electron chi connectivity index (χ3n) is 13.6. The van der Waals surface area contributed by atoms with Crippen molar-refractivity contribution in [3.8, 4) is 27.9 Å². The van der Waals surface area contributed by atoms with Crippen molar-refractivity contribution in [2.24, 2.45) is 0 Å². The van der Waals surface area contributed by atoms with Gasteiger partial charge in [0.2, 0.25) is 0 Å². The summed E-state index contributed by atoms with van der Waals surface area (Å²) < 4.78 is 7.79. The Hall–Kier alpha value is -7.90. The molecule has 1 aliphatic heterocycles. The zero-order chi connectivity index (χ0) is 44.2. The number of nitrogens with one attached hydrogen (secondary N) is 1. The van der Waals surface area contributed by atoms with E-state index in [1.165, 1.54) is 101 Å². The summed E-state index contributed by atoms with van der Waals surface area (Å²) >= 11 is 3.76. The largest absolute Gasteiger partial charge is 0.355 e. The van der Waals surface area contributed by atoms with E-state index in [1.54, 1.807) is 0 Å². The van der Waals surface area contributed by atoms with Gasteiger partial charge in [0, 0.05) is 96.3 Å². The predicted molar refractivity (Wildman–Crippen MR) is 292 cm³/mol. The number of aryl methyl sites for hydroxylation is 1. The summed E-state index contributed by atoms with van der Waals surface area (Å²) in [5.41, 5.74) is 17.4. The molecule has 6 heteroatoms. The van der Waals surface area contributed by atoms with Crippen LogP contribution in [0, 0.1) is 6.92 Å². The van der Waals surface area contributed by atoms with Gasteiger partial charge in [-0.2, -0.15) is 0 Å². The fourth-order valence-electron chi connectivity index (χ4n) is 10.6. The number of fused-ring (bicyclic) bond motifs is 11. The van der Waals surface area contributed by atoms with Crippen molar-refractivity contribution in [2.75, 3.05) is 10.2 Å². The fourth-order valence-corrected chi connectivity index (χ4v) is 12.9. The summed E-state index contributed by atoms with van der Waals surface area (Å²) in [6, 6.07) is 78.2. The molecule has 0 saturated heterocycles. The molecule has 0 unspecified atom stereocenters. The van der Waals surface area contributed by atoms with Crippen molar-refractivity contribution in [1.82, 2.24) is 4.57 Å². The van der Waals surface area contributed by atoms with Crippen LogP contribution >= 0.6 is 22.7 Å². The molecule has 14 rings (SSSR count). The van der Waals surface area contributed by atoms with Crippen LogP contribution in [0.3, 0.4) is 0 Å². The van der Waals surface area contributed by atoms with Crippen LogP contribution in [-0.4, -0.2) is 11.8 Å². The fraction of sp³-hybridized carbons (Fsp3) is 0.0164. The van der Waals surface area contributed by atoms with E-state index in [0.29, 0.717) is 0 Å². The monoisotopic (exact) mass is 888 g/mol. The number of aromatic nitrogens is 1. The van der Waals surface area contributed by atoms with Gasteiger partial charge >= 0.3 is 0 Å². The molecule has 0 amide bonds. The van der Waals surface area contributed by atoms with Crippen LogP contribution in [0.2, 0.25) is 0 Å². The number of thiophene rings is 2. The molecule has 1 N–H and O–H groups in total. The van der Waals surface area contributed by atoms with Crippen LogP contribution in [0.15, 0.2) is 212 Å². The summed E-state index contributed by atoms with van der Waals surface area (Å²) in [4.78, 5) is 2.35. The van der Waals surface area contributed by atoms with Crippen molar-refractivity contribution in [3.63, 3.8) is 0 Å². The van der Waals surface area contributed by atoms with Crippen LogP contribution in [0.25, 0.3) is 90.1 Å². The van der Waals surface area contributed by atoms with Gasteiger partial charge in [0.05, 0.1) is 5.52 Å². The van der Waals surface area contributed by atoms with Gasteiger partial charge < -0.3 is 14.8 Å². The van der Waals surface area contributed by atoms with E-state index in [0.717, 1.165) is 34.0 Å². The second-order valence-corrected chi connectivity index (χ2v) is 19.8. The van der Waals surface area contributed by atoms with Crippen molar-refractivity contribution in [2.45, 2.75) is 6.92 Å². The minimum absolute atomic E-state index is 1.03. The number of anilines is 5. The summed E-state index contributed by atoms with van der Waals surface area (Å²) in [6.07, 6.45) is 0. The van der Waals surface area contributed by atoms with Gasteiger partial charge in [-0.3, -0.25) is 0 Å². The molecular formula is C61H39BN3S2. The average Bonchev–Trinajstić information content (AvgIpc) is 4.05. The van der Waals surface area contributed by atoms with Gasteiger partial charge in [-0.05, 0) is 120 Å². The maximum absolute atomic E-state index is 3.97. The van der Waals surface area contributed by atoms with Crippen LogP contribution in [-0.2, 0) is 0 Å². The topological polar surface area (TPSA) is 20.2 Å². The smallest absolute Gasteiger partial charge is 0.197 e. The average molecular weight is 889 g/mol. The van der Waals surface area contributed by atoms with E-state index in [2.05, 4.69) is 241 Å². The zero-order valence-corrected chi connectivity index (χ0v) is 38.1. The van der Waals surface area contributed by atoms with E-state index in [1.807, 2.05) is 22.7 Å². The number of rotatable bonds is 7. The Balaban J connectivity index is 1.08. The first kappa shape index (κ1) is 38.4. The molecule has 13 aromatic rings. The minimum atomic E-state index is 1.03. The number of hydrogen-bond acceptors (Lipinski definition) is 4. The first-order valence-electron chi connectivity index (χ1n) is 22.8. The Morgan fingerprint density at radius 1 is 0.463 bits per heavy atom. The van der Waals surface area contributed by atoms with Crippen molar-refractivity contribution in [3.05, 3.63) is 218 Å². The predicted octanol–water partition coefficient (Wildman–Crippen LogP) is 16.3. The second kappa shape index (κ2) is 15.1. The molecule has 0 aliphatic carbocycles. The van der Waals surface area contributed by atoms with E-state index in [-0.39, 0.29) is 0 Å². The third-order valence-corrected chi connectivity index (χ3v) is 15.9. The molecular weight excluding hydrogens is 850 g/mol. The van der Waals surface area contributed by atoms with E-state index in [9.17, 15) is 0 Å². The Kier molecular flexibility index (Phi) is 8.64. The Bertz CT molecular complexity index is 4070. The normalized spacial score (nSPS) is 12.1. The van der Waals surface area contributed by atoms with Gasteiger partial charge in [-0.25, -0.2) is 0 Å². The van der Waals surface area contributed by atoms with Gasteiger partial charge in [-0.1, -0.05) is 132 Å². The first-order chi connectivity index (χ1) is 33.1. The molecule has 3 nitrogen and oxygen atoms in total. The molecule has 0 saturated carbocycles. The third kappa shape index (κ3) is 6.10. The Morgan fingerprint density at radius 3 is 1.82 bits per heavy atom. The number of benzene rings is 10. The highest BCUT2D eigenvalue weighted by molar-refractivity contribution is 7.26. The SMILES string of the molecule is Cc1ccc(Nc2cc(N(c3ccccc3)c3ccccc3)ccc2-c2cc(-c3ccc4c(c3)sc3ccccc34)c3c4ccccc4n4c3c2[B]c2cc3sc5ccccc5c3cc2-4)cc1. The van der Waals surface area contributed by atoms with Crippen LogP contribution in [0.1, 0.15) is 5.56 Å². The van der Waals surface area contributed by atoms with Gasteiger partial charge in [-0.15, -0.1) is 22.7 Å². The lowest BCUT2D eigenvalue weighted by Crippen LogP contribution is -2.37. The van der Waals surface area contributed by atoms with Crippen LogP contribution < -0.4 is 21.1 Å². The number of para-hydroxylation sites is 3. The maximum Gasteiger partial charge on any atom is 0.197 e.